The molecule has 1 aliphatic rings. The van der Waals surface area contributed by atoms with Crippen LogP contribution in [0.5, 0.6) is 5.88 Å². The average molecular weight is 315 g/mol. The van der Waals surface area contributed by atoms with E-state index in [1.807, 2.05) is 36.1 Å². The van der Waals surface area contributed by atoms with Crippen molar-refractivity contribution < 1.29 is 14.3 Å². The average Bonchev–Trinajstić information content (AvgIpc) is 2.60. The molecule has 0 atom stereocenters. The van der Waals surface area contributed by atoms with Gasteiger partial charge in [0, 0.05) is 43.3 Å². The maximum Gasteiger partial charge on any atom is 0.248 e. The van der Waals surface area contributed by atoms with E-state index in [1.54, 1.807) is 6.20 Å². The Kier molecular flexibility index (Phi) is 5.02. The summed E-state index contributed by atoms with van der Waals surface area (Å²) in [6.07, 6.45) is 3.38. The summed E-state index contributed by atoms with van der Waals surface area (Å²) in [6, 6.07) is 7.91. The minimum absolute atomic E-state index is 0.0512. The van der Waals surface area contributed by atoms with Crippen LogP contribution in [0.3, 0.4) is 0 Å². The molecule has 6 nitrogen and oxygen atoms in total. The van der Waals surface area contributed by atoms with Gasteiger partial charge in [-0.25, -0.2) is 0 Å². The monoisotopic (exact) mass is 315 g/mol. The van der Waals surface area contributed by atoms with Crippen LogP contribution in [-0.4, -0.2) is 53.4 Å². The quantitative estimate of drug-likeness (QED) is 0.845. The standard InChI is InChI=1S/C17H21N3O3/c1-2-22-12-16(21)20-9-7-14(8-10-20)23-17-15-6-4-3-5-13(15)11-18-19-17/h3-6,11,14H,2,7-10,12H2,1H3. The Morgan fingerprint density at radius 3 is 2.87 bits per heavy atom. The highest BCUT2D eigenvalue weighted by Gasteiger charge is 2.24. The molecule has 2 aromatic rings. The van der Waals surface area contributed by atoms with E-state index in [0.29, 0.717) is 25.6 Å². The first-order valence-electron chi connectivity index (χ1n) is 8.00. The number of hydrogen-bond donors (Lipinski definition) is 0. The third kappa shape index (κ3) is 3.76. The van der Waals surface area contributed by atoms with Gasteiger partial charge in [0.1, 0.15) is 12.7 Å². The molecule has 1 aromatic heterocycles. The molecule has 23 heavy (non-hydrogen) atoms. The molecule has 2 heterocycles. The molecular weight excluding hydrogens is 294 g/mol. The molecule has 1 aromatic carbocycles. The molecule has 1 fully saturated rings. The van der Waals surface area contributed by atoms with Crippen molar-refractivity contribution >= 4 is 16.7 Å². The highest BCUT2D eigenvalue weighted by molar-refractivity contribution is 5.85. The van der Waals surface area contributed by atoms with Gasteiger partial charge in [0.2, 0.25) is 11.8 Å². The molecule has 0 spiro atoms. The largest absolute Gasteiger partial charge is 0.473 e. The number of hydrogen-bond acceptors (Lipinski definition) is 5. The summed E-state index contributed by atoms with van der Waals surface area (Å²) < 4.78 is 11.2. The molecule has 0 unspecified atom stereocenters. The van der Waals surface area contributed by atoms with E-state index in [4.69, 9.17) is 9.47 Å². The molecule has 0 radical (unpaired) electrons. The normalized spacial score (nSPS) is 15.8. The summed E-state index contributed by atoms with van der Waals surface area (Å²) in [6.45, 7) is 3.99. The van der Waals surface area contributed by atoms with E-state index in [9.17, 15) is 4.79 Å². The lowest BCUT2D eigenvalue weighted by Crippen LogP contribution is -2.43. The fourth-order valence-electron chi connectivity index (χ4n) is 2.75. The minimum Gasteiger partial charge on any atom is -0.473 e. The van der Waals surface area contributed by atoms with Crippen molar-refractivity contribution in [2.24, 2.45) is 0 Å². The van der Waals surface area contributed by atoms with E-state index in [1.165, 1.54) is 0 Å². The number of piperidine rings is 1. The zero-order chi connectivity index (χ0) is 16.1. The van der Waals surface area contributed by atoms with E-state index in [2.05, 4.69) is 10.2 Å². The maximum atomic E-state index is 11.9. The highest BCUT2D eigenvalue weighted by atomic mass is 16.5. The van der Waals surface area contributed by atoms with Crippen LogP contribution < -0.4 is 4.74 Å². The second kappa shape index (κ2) is 7.37. The van der Waals surface area contributed by atoms with Crippen molar-refractivity contribution in [3.63, 3.8) is 0 Å². The summed E-state index contributed by atoms with van der Waals surface area (Å²) in [5.41, 5.74) is 0. The molecule has 1 saturated heterocycles. The fourth-order valence-corrected chi connectivity index (χ4v) is 2.75. The Hall–Kier alpha value is -2.21. The zero-order valence-corrected chi connectivity index (χ0v) is 13.3. The van der Waals surface area contributed by atoms with Crippen molar-refractivity contribution in [1.82, 2.24) is 15.1 Å². The lowest BCUT2D eigenvalue weighted by Gasteiger charge is -2.31. The van der Waals surface area contributed by atoms with Gasteiger partial charge in [-0.3, -0.25) is 4.79 Å². The predicted molar refractivity (Wildman–Crippen MR) is 86.3 cm³/mol. The van der Waals surface area contributed by atoms with Gasteiger partial charge in [-0.05, 0) is 13.0 Å². The van der Waals surface area contributed by atoms with Crippen LogP contribution in [0.1, 0.15) is 19.8 Å². The number of likely N-dealkylation sites (tertiary alicyclic amines) is 1. The molecule has 3 rings (SSSR count). The number of aromatic nitrogens is 2. The van der Waals surface area contributed by atoms with Gasteiger partial charge < -0.3 is 14.4 Å². The van der Waals surface area contributed by atoms with Gasteiger partial charge in [0.25, 0.3) is 0 Å². The zero-order valence-electron chi connectivity index (χ0n) is 13.3. The van der Waals surface area contributed by atoms with Crippen LogP contribution in [0.4, 0.5) is 0 Å². The number of benzene rings is 1. The smallest absolute Gasteiger partial charge is 0.248 e. The number of carbonyl (C=O) groups is 1. The Bertz CT molecular complexity index is 664. The Morgan fingerprint density at radius 1 is 1.30 bits per heavy atom. The Labute approximate surface area is 135 Å². The summed E-state index contributed by atoms with van der Waals surface area (Å²) >= 11 is 0. The van der Waals surface area contributed by atoms with Crippen molar-refractivity contribution in [2.75, 3.05) is 26.3 Å². The lowest BCUT2D eigenvalue weighted by molar-refractivity contribution is -0.137. The van der Waals surface area contributed by atoms with Crippen molar-refractivity contribution in [3.8, 4) is 5.88 Å². The minimum atomic E-state index is 0.0512. The molecule has 0 bridgehead atoms. The number of rotatable bonds is 5. The van der Waals surface area contributed by atoms with Gasteiger partial charge in [-0.1, -0.05) is 18.2 Å². The first-order chi connectivity index (χ1) is 11.3. The molecule has 122 valence electrons. The molecule has 0 aliphatic carbocycles. The number of nitrogens with zero attached hydrogens (tertiary/aromatic N) is 3. The molecule has 1 amide bonds. The first kappa shape index (κ1) is 15.7. The summed E-state index contributed by atoms with van der Waals surface area (Å²) in [4.78, 5) is 13.8. The summed E-state index contributed by atoms with van der Waals surface area (Å²) in [5.74, 6) is 0.623. The Balaban J connectivity index is 1.59. The van der Waals surface area contributed by atoms with Crippen molar-refractivity contribution in [2.45, 2.75) is 25.9 Å². The van der Waals surface area contributed by atoms with E-state index < -0.39 is 0 Å². The topological polar surface area (TPSA) is 64.5 Å². The maximum absolute atomic E-state index is 11.9. The van der Waals surface area contributed by atoms with Gasteiger partial charge in [0.05, 0.1) is 6.20 Å². The SMILES string of the molecule is CCOCC(=O)N1CCC(Oc2nncc3ccccc23)CC1. The van der Waals surface area contributed by atoms with Crippen LogP contribution in [0.2, 0.25) is 0 Å². The van der Waals surface area contributed by atoms with Crippen LogP contribution in [0, 0.1) is 0 Å². The number of amides is 1. The first-order valence-corrected chi connectivity index (χ1v) is 8.00. The fraction of sp³-hybridized carbons (Fsp3) is 0.471. The van der Waals surface area contributed by atoms with E-state index in [-0.39, 0.29) is 18.6 Å². The molecule has 1 aliphatic heterocycles. The third-order valence-electron chi connectivity index (χ3n) is 4.04. The summed E-state index contributed by atoms with van der Waals surface area (Å²) in [5, 5.41) is 10.1. The number of carbonyl (C=O) groups excluding carboxylic acids is 1. The van der Waals surface area contributed by atoms with E-state index >= 15 is 0 Å². The van der Waals surface area contributed by atoms with Crippen molar-refractivity contribution in [1.29, 1.82) is 0 Å². The number of fused-ring (bicyclic) bond motifs is 1. The molecular formula is C17H21N3O3. The van der Waals surface area contributed by atoms with Gasteiger partial charge in [0.15, 0.2) is 0 Å². The van der Waals surface area contributed by atoms with Gasteiger partial charge in [-0.2, -0.15) is 5.10 Å². The molecule has 0 N–H and O–H groups in total. The van der Waals surface area contributed by atoms with Crippen molar-refractivity contribution in [3.05, 3.63) is 30.5 Å². The second-order valence-electron chi connectivity index (χ2n) is 5.57. The van der Waals surface area contributed by atoms with Crippen LogP contribution >= 0.6 is 0 Å². The van der Waals surface area contributed by atoms with Gasteiger partial charge >= 0.3 is 0 Å². The van der Waals surface area contributed by atoms with Crippen LogP contribution in [0.25, 0.3) is 10.8 Å². The third-order valence-corrected chi connectivity index (χ3v) is 4.04. The van der Waals surface area contributed by atoms with Crippen LogP contribution in [-0.2, 0) is 9.53 Å². The molecule has 0 saturated carbocycles. The van der Waals surface area contributed by atoms with Gasteiger partial charge in [-0.15, -0.1) is 5.10 Å². The predicted octanol–water partition coefficient (Wildman–Crippen LogP) is 2.04. The van der Waals surface area contributed by atoms with E-state index in [0.717, 1.165) is 23.6 Å². The summed E-state index contributed by atoms with van der Waals surface area (Å²) in [7, 11) is 0. The van der Waals surface area contributed by atoms with Crippen LogP contribution in [0.15, 0.2) is 30.5 Å². The second-order valence-corrected chi connectivity index (χ2v) is 5.57. The highest BCUT2D eigenvalue weighted by Crippen LogP contribution is 2.24. The Morgan fingerprint density at radius 2 is 2.09 bits per heavy atom. The number of ether oxygens (including phenoxy) is 2. The molecule has 6 heteroatoms. The lowest BCUT2D eigenvalue weighted by atomic mass is 10.1.